The highest BCUT2D eigenvalue weighted by molar-refractivity contribution is 5.77. The molecule has 0 aromatic carbocycles. The van der Waals surface area contributed by atoms with Gasteiger partial charge in [-0.25, -0.2) is 0 Å². The Labute approximate surface area is 340 Å². The molecule has 1 amide bonds. The standard InChI is InChI=1S/C49H89NO5/c1-4-7-10-13-16-19-21-23-25-26-29-31-34-37-40-45(55-49(54)42-39-36-33-30-27-24-22-20-17-14-11-8-5-2)43-48(53)50-46(44-51)47(52)41-38-35-32-28-18-15-12-9-6-3/h8,11,14,17,20,22,25-26,45-47,51-52H,4-7,9-10,12-13,15-16,18-19,21,23-24,27-44H2,1-3H3,(H,50,53)/b11-8+,17-14+,22-20-,26-25+. The van der Waals surface area contributed by atoms with Gasteiger partial charge in [-0.15, -0.1) is 0 Å². The smallest absolute Gasteiger partial charge is 0.306 e. The number of carbonyl (C=O) groups excluding carboxylic acids is 2. The fraction of sp³-hybridized carbons (Fsp3) is 0.796. The molecular formula is C49H89NO5. The lowest BCUT2D eigenvalue weighted by Crippen LogP contribution is -2.46. The van der Waals surface area contributed by atoms with E-state index in [2.05, 4.69) is 74.7 Å². The Bertz CT molecular complexity index is 957. The number of rotatable bonds is 41. The van der Waals surface area contributed by atoms with Gasteiger partial charge >= 0.3 is 5.97 Å². The third kappa shape index (κ3) is 38.5. The molecule has 0 aliphatic heterocycles. The van der Waals surface area contributed by atoms with Gasteiger partial charge in [0.2, 0.25) is 5.91 Å². The second-order valence-electron chi connectivity index (χ2n) is 15.8. The first-order valence-electron chi connectivity index (χ1n) is 23.4. The molecule has 0 aromatic heterocycles. The molecular weight excluding hydrogens is 683 g/mol. The molecule has 0 bridgehead atoms. The Hall–Kier alpha value is -2.18. The van der Waals surface area contributed by atoms with Crippen molar-refractivity contribution in [1.29, 1.82) is 0 Å². The van der Waals surface area contributed by atoms with E-state index >= 15 is 0 Å². The molecule has 6 heteroatoms. The van der Waals surface area contributed by atoms with Gasteiger partial charge in [0.15, 0.2) is 0 Å². The minimum absolute atomic E-state index is 0.0585. The van der Waals surface area contributed by atoms with E-state index in [-0.39, 0.29) is 24.9 Å². The van der Waals surface area contributed by atoms with Gasteiger partial charge in [0, 0.05) is 6.42 Å². The van der Waals surface area contributed by atoms with Crippen LogP contribution >= 0.6 is 0 Å². The van der Waals surface area contributed by atoms with E-state index in [1.165, 1.54) is 83.5 Å². The van der Waals surface area contributed by atoms with E-state index in [4.69, 9.17) is 4.74 Å². The lowest BCUT2D eigenvalue weighted by atomic mass is 10.0. The Balaban J connectivity index is 4.66. The number of unbranched alkanes of at least 4 members (excludes halogenated alkanes) is 23. The second-order valence-corrected chi connectivity index (χ2v) is 15.8. The van der Waals surface area contributed by atoms with Crippen LogP contribution in [0.25, 0.3) is 0 Å². The number of allylic oxidation sites excluding steroid dienone is 8. The van der Waals surface area contributed by atoms with Gasteiger partial charge < -0.3 is 20.3 Å². The number of hydrogen-bond donors (Lipinski definition) is 3. The summed E-state index contributed by atoms with van der Waals surface area (Å²) in [5.41, 5.74) is 0. The summed E-state index contributed by atoms with van der Waals surface area (Å²) in [4.78, 5) is 26.0. The molecule has 0 aliphatic rings. The molecule has 0 spiro atoms. The number of aliphatic hydroxyl groups is 2. The zero-order valence-electron chi connectivity index (χ0n) is 36.3. The van der Waals surface area contributed by atoms with Crippen molar-refractivity contribution in [3.05, 3.63) is 48.6 Å². The summed E-state index contributed by atoms with van der Waals surface area (Å²) in [6.07, 6.45) is 50.3. The monoisotopic (exact) mass is 772 g/mol. The molecule has 55 heavy (non-hydrogen) atoms. The molecule has 3 atom stereocenters. The van der Waals surface area contributed by atoms with Crippen LogP contribution in [-0.2, 0) is 14.3 Å². The lowest BCUT2D eigenvalue weighted by Gasteiger charge is -2.24. The first kappa shape index (κ1) is 52.8. The Kier molecular flexibility index (Phi) is 41.2. The molecule has 0 aromatic rings. The van der Waals surface area contributed by atoms with Crippen LogP contribution in [0.2, 0.25) is 0 Å². The zero-order chi connectivity index (χ0) is 40.3. The molecule has 320 valence electrons. The van der Waals surface area contributed by atoms with Crippen molar-refractivity contribution in [2.75, 3.05) is 6.61 Å². The largest absolute Gasteiger partial charge is 0.462 e. The van der Waals surface area contributed by atoms with Crippen LogP contribution in [-0.4, -0.2) is 46.9 Å². The van der Waals surface area contributed by atoms with E-state index in [1.54, 1.807) is 0 Å². The highest BCUT2D eigenvalue weighted by Crippen LogP contribution is 2.17. The van der Waals surface area contributed by atoms with E-state index in [0.29, 0.717) is 19.3 Å². The minimum Gasteiger partial charge on any atom is -0.462 e. The highest BCUT2D eigenvalue weighted by Gasteiger charge is 2.24. The van der Waals surface area contributed by atoms with Crippen molar-refractivity contribution in [2.45, 2.75) is 244 Å². The van der Waals surface area contributed by atoms with Crippen molar-refractivity contribution in [1.82, 2.24) is 5.32 Å². The molecule has 0 aliphatic carbocycles. The SMILES string of the molecule is CC/C=C/C=C/C=C\CCCCCCCC(=O)OC(CCCCC/C=C/CCCCCCCCC)CC(=O)NC(CO)C(O)CCCCCCCCCCC. The van der Waals surface area contributed by atoms with Crippen LogP contribution in [0.4, 0.5) is 0 Å². The Morgan fingerprint density at radius 2 is 1.00 bits per heavy atom. The number of aliphatic hydroxyl groups excluding tert-OH is 2. The maximum atomic E-state index is 13.1. The molecule has 0 fully saturated rings. The van der Waals surface area contributed by atoms with Crippen LogP contribution < -0.4 is 5.32 Å². The predicted octanol–water partition coefficient (Wildman–Crippen LogP) is 13.5. The third-order valence-electron chi connectivity index (χ3n) is 10.5. The molecule has 0 radical (unpaired) electrons. The van der Waals surface area contributed by atoms with Gasteiger partial charge in [-0.05, 0) is 70.6 Å². The zero-order valence-corrected chi connectivity index (χ0v) is 36.3. The van der Waals surface area contributed by atoms with Crippen molar-refractivity contribution < 1.29 is 24.5 Å². The minimum atomic E-state index is -0.792. The van der Waals surface area contributed by atoms with Crippen molar-refractivity contribution >= 4 is 11.9 Å². The highest BCUT2D eigenvalue weighted by atomic mass is 16.5. The first-order chi connectivity index (χ1) is 27.0. The summed E-state index contributed by atoms with van der Waals surface area (Å²) in [7, 11) is 0. The maximum Gasteiger partial charge on any atom is 0.306 e. The quantitative estimate of drug-likeness (QED) is 0.0249. The molecule has 0 rings (SSSR count). The van der Waals surface area contributed by atoms with Crippen LogP contribution in [0.5, 0.6) is 0 Å². The summed E-state index contributed by atoms with van der Waals surface area (Å²) >= 11 is 0. The van der Waals surface area contributed by atoms with Crippen molar-refractivity contribution in [3.63, 3.8) is 0 Å². The fourth-order valence-corrected chi connectivity index (χ4v) is 6.89. The van der Waals surface area contributed by atoms with Crippen molar-refractivity contribution in [2.24, 2.45) is 0 Å². The number of esters is 1. The average Bonchev–Trinajstić information content (AvgIpc) is 3.18. The van der Waals surface area contributed by atoms with Crippen molar-refractivity contribution in [3.8, 4) is 0 Å². The number of nitrogens with one attached hydrogen (secondary N) is 1. The van der Waals surface area contributed by atoms with Gasteiger partial charge in [0.25, 0.3) is 0 Å². The topological polar surface area (TPSA) is 95.9 Å². The van der Waals surface area contributed by atoms with Crippen LogP contribution in [0.1, 0.15) is 226 Å². The number of ether oxygens (including phenoxy) is 1. The average molecular weight is 772 g/mol. The lowest BCUT2D eigenvalue weighted by molar-refractivity contribution is -0.151. The van der Waals surface area contributed by atoms with E-state index in [9.17, 15) is 19.8 Å². The van der Waals surface area contributed by atoms with E-state index < -0.39 is 18.2 Å². The fourth-order valence-electron chi connectivity index (χ4n) is 6.89. The summed E-state index contributed by atoms with van der Waals surface area (Å²) in [6, 6.07) is -0.708. The van der Waals surface area contributed by atoms with Gasteiger partial charge in [0.1, 0.15) is 6.10 Å². The third-order valence-corrected chi connectivity index (χ3v) is 10.5. The number of amides is 1. The molecule has 0 saturated carbocycles. The van der Waals surface area contributed by atoms with Crippen LogP contribution in [0.3, 0.4) is 0 Å². The molecule has 3 unspecified atom stereocenters. The van der Waals surface area contributed by atoms with Gasteiger partial charge in [0.05, 0.1) is 25.2 Å². The summed E-state index contributed by atoms with van der Waals surface area (Å²) < 4.78 is 5.89. The van der Waals surface area contributed by atoms with Crippen LogP contribution in [0.15, 0.2) is 48.6 Å². The molecule has 3 N–H and O–H groups in total. The summed E-state index contributed by atoms with van der Waals surface area (Å²) in [5.74, 6) is -0.514. The summed E-state index contributed by atoms with van der Waals surface area (Å²) in [5, 5.41) is 23.6. The van der Waals surface area contributed by atoms with Gasteiger partial charge in [-0.2, -0.15) is 0 Å². The van der Waals surface area contributed by atoms with E-state index in [0.717, 1.165) is 96.3 Å². The Morgan fingerprint density at radius 1 is 0.545 bits per heavy atom. The number of carbonyl (C=O) groups is 2. The second kappa shape index (κ2) is 43.0. The van der Waals surface area contributed by atoms with Gasteiger partial charge in [-0.1, -0.05) is 191 Å². The maximum absolute atomic E-state index is 13.1. The Morgan fingerprint density at radius 3 is 1.55 bits per heavy atom. The van der Waals surface area contributed by atoms with Crippen LogP contribution in [0, 0.1) is 0 Å². The molecule has 0 heterocycles. The summed E-state index contributed by atoms with van der Waals surface area (Å²) in [6.45, 7) is 6.31. The van der Waals surface area contributed by atoms with Gasteiger partial charge in [-0.3, -0.25) is 9.59 Å². The molecule has 6 nitrogen and oxygen atoms in total. The first-order valence-corrected chi connectivity index (χ1v) is 23.4. The normalized spacial score (nSPS) is 13.8. The van der Waals surface area contributed by atoms with E-state index in [1.807, 2.05) is 0 Å². The molecule has 0 saturated heterocycles. The number of hydrogen-bond acceptors (Lipinski definition) is 5. The predicted molar refractivity (Wildman–Crippen MR) is 236 cm³/mol.